The van der Waals surface area contributed by atoms with Crippen LogP contribution in [-0.2, 0) is 24.3 Å². The number of sulfonamides is 1. The lowest BCUT2D eigenvalue weighted by molar-refractivity contribution is -0.145. The second-order valence-electron chi connectivity index (χ2n) is 4.83. The highest BCUT2D eigenvalue weighted by molar-refractivity contribution is 9.10. The van der Waals surface area contributed by atoms with E-state index in [0.29, 0.717) is 5.56 Å². The topological polar surface area (TPSA) is 102 Å². The van der Waals surface area contributed by atoms with Crippen LogP contribution in [0.4, 0.5) is 0 Å². The summed E-state index contributed by atoms with van der Waals surface area (Å²) in [5, 5.41) is 4.09. The Morgan fingerprint density at radius 2 is 1.92 bits per heavy atom. The van der Waals surface area contributed by atoms with Gasteiger partial charge in [0, 0.05) is 4.47 Å². The summed E-state index contributed by atoms with van der Waals surface area (Å²) in [6.07, 6.45) is 0. The molecule has 0 spiro atoms. The molecule has 2 N–H and O–H groups in total. The summed E-state index contributed by atoms with van der Waals surface area (Å²) in [6, 6.07) is 8.75. The first-order chi connectivity index (χ1) is 11.8. The Hall–Kier alpha value is -1.75. The number of ether oxygens (including phenoxy) is 1. The minimum atomic E-state index is -3.76. The Morgan fingerprint density at radius 1 is 1.24 bits per heavy atom. The standard InChI is InChI=1S/C15H15BrN2O5S2/c1-23-15(20)14(10-4-6-11(16)7-5-10)18-12(19)9-17-25(21,22)13-3-2-8-24-13/h2-8,14,17H,9H2,1H3,(H,18,19). The molecule has 0 fully saturated rings. The molecule has 0 saturated heterocycles. The lowest BCUT2D eigenvalue weighted by Gasteiger charge is -2.17. The minimum absolute atomic E-state index is 0.109. The van der Waals surface area contributed by atoms with Crippen molar-refractivity contribution in [3.8, 4) is 0 Å². The van der Waals surface area contributed by atoms with Crippen LogP contribution in [0.2, 0.25) is 0 Å². The average Bonchev–Trinajstić information content (AvgIpc) is 3.14. The molecule has 134 valence electrons. The van der Waals surface area contributed by atoms with E-state index in [1.54, 1.807) is 35.7 Å². The molecule has 2 rings (SSSR count). The molecule has 1 aromatic carbocycles. The van der Waals surface area contributed by atoms with Crippen molar-refractivity contribution >= 4 is 49.2 Å². The summed E-state index contributed by atoms with van der Waals surface area (Å²) >= 11 is 4.33. The van der Waals surface area contributed by atoms with Crippen molar-refractivity contribution in [2.24, 2.45) is 0 Å². The summed E-state index contributed by atoms with van der Waals surface area (Å²) in [6.45, 7) is -0.496. The highest BCUT2D eigenvalue weighted by Gasteiger charge is 2.24. The second-order valence-corrected chi connectivity index (χ2v) is 8.69. The Balaban J connectivity index is 2.05. The van der Waals surface area contributed by atoms with Crippen LogP contribution in [0.1, 0.15) is 11.6 Å². The van der Waals surface area contributed by atoms with Gasteiger partial charge in [-0.3, -0.25) is 4.79 Å². The molecule has 1 aromatic heterocycles. The molecule has 0 radical (unpaired) electrons. The SMILES string of the molecule is COC(=O)C(NC(=O)CNS(=O)(=O)c1cccs1)c1ccc(Br)cc1. The molecular weight excluding hydrogens is 432 g/mol. The van der Waals surface area contributed by atoms with Gasteiger partial charge in [-0.15, -0.1) is 11.3 Å². The molecule has 0 aliphatic heterocycles. The molecule has 0 saturated carbocycles. The van der Waals surface area contributed by atoms with E-state index in [9.17, 15) is 18.0 Å². The van der Waals surface area contributed by atoms with Crippen molar-refractivity contribution in [3.63, 3.8) is 0 Å². The van der Waals surface area contributed by atoms with Gasteiger partial charge in [-0.25, -0.2) is 17.9 Å². The van der Waals surface area contributed by atoms with Crippen molar-refractivity contribution in [1.29, 1.82) is 0 Å². The molecule has 7 nitrogen and oxygen atoms in total. The number of hydrogen-bond acceptors (Lipinski definition) is 6. The smallest absolute Gasteiger partial charge is 0.333 e. The summed E-state index contributed by atoms with van der Waals surface area (Å²) < 4.78 is 31.8. The summed E-state index contributed by atoms with van der Waals surface area (Å²) in [4.78, 5) is 24.0. The fourth-order valence-electron chi connectivity index (χ4n) is 1.91. The van der Waals surface area contributed by atoms with Crippen molar-refractivity contribution < 1.29 is 22.7 Å². The number of nitrogens with one attached hydrogen (secondary N) is 2. The predicted molar refractivity (Wildman–Crippen MR) is 96.5 cm³/mol. The molecule has 2 aromatic rings. The molecule has 0 aliphatic carbocycles. The van der Waals surface area contributed by atoms with Crippen LogP contribution in [0.3, 0.4) is 0 Å². The van der Waals surface area contributed by atoms with E-state index in [0.717, 1.165) is 15.8 Å². The molecule has 1 amide bonds. The van der Waals surface area contributed by atoms with Gasteiger partial charge in [0.1, 0.15) is 4.21 Å². The number of carbonyl (C=O) groups is 2. The van der Waals surface area contributed by atoms with Crippen LogP contribution >= 0.6 is 27.3 Å². The van der Waals surface area contributed by atoms with Crippen LogP contribution in [0.25, 0.3) is 0 Å². The number of methoxy groups -OCH3 is 1. The maximum atomic E-state index is 12.1. The Bertz CT molecular complexity index is 835. The summed E-state index contributed by atoms with van der Waals surface area (Å²) in [5.74, 6) is -1.31. The number of amides is 1. The highest BCUT2D eigenvalue weighted by atomic mass is 79.9. The number of esters is 1. The monoisotopic (exact) mass is 446 g/mol. The Kier molecular flexibility index (Phi) is 6.71. The summed E-state index contributed by atoms with van der Waals surface area (Å²) in [7, 11) is -2.55. The first kappa shape index (κ1) is 19.6. The lowest BCUT2D eigenvalue weighted by atomic mass is 10.1. The fourth-order valence-corrected chi connectivity index (χ4v) is 4.20. The van der Waals surface area contributed by atoms with E-state index in [-0.39, 0.29) is 4.21 Å². The lowest BCUT2D eigenvalue weighted by Crippen LogP contribution is -2.41. The summed E-state index contributed by atoms with van der Waals surface area (Å²) in [5.41, 5.74) is 0.518. The van der Waals surface area contributed by atoms with E-state index < -0.39 is 34.5 Å². The van der Waals surface area contributed by atoms with E-state index >= 15 is 0 Å². The number of benzene rings is 1. The fraction of sp³-hybridized carbons (Fsp3) is 0.200. The first-order valence-electron chi connectivity index (χ1n) is 6.99. The number of carbonyl (C=O) groups excluding carboxylic acids is 2. The minimum Gasteiger partial charge on any atom is -0.467 e. The molecule has 0 bridgehead atoms. The van der Waals surface area contributed by atoms with Crippen LogP contribution in [0, 0.1) is 0 Å². The highest BCUT2D eigenvalue weighted by Crippen LogP contribution is 2.18. The quantitative estimate of drug-likeness (QED) is 0.631. The maximum absolute atomic E-state index is 12.1. The third-order valence-corrected chi connectivity index (χ3v) is 6.46. The number of halogens is 1. The predicted octanol–water partition coefficient (Wildman–Crippen LogP) is 1.82. The van der Waals surface area contributed by atoms with Crippen LogP contribution in [-0.4, -0.2) is 33.9 Å². The molecule has 25 heavy (non-hydrogen) atoms. The largest absolute Gasteiger partial charge is 0.467 e. The number of hydrogen-bond donors (Lipinski definition) is 2. The van der Waals surface area contributed by atoms with Gasteiger partial charge in [-0.05, 0) is 29.1 Å². The van der Waals surface area contributed by atoms with Gasteiger partial charge in [-0.1, -0.05) is 34.1 Å². The zero-order chi connectivity index (χ0) is 18.4. The third kappa shape index (κ3) is 5.36. The molecule has 1 heterocycles. The number of rotatable bonds is 7. The molecular formula is C15H15BrN2O5S2. The molecule has 1 unspecified atom stereocenters. The third-order valence-electron chi connectivity index (χ3n) is 3.13. The van der Waals surface area contributed by atoms with E-state index in [1.807, 2.05) is 0 Å². The van der Waals surface area contributed by atoms with Crippen LogP contribution in [0.15, 0.2) is 50.5 Å². The Labute approximate surface area is 157 Å². The normalized spacial score (nSPS) is 12.4. The van der Waals surface area contributed by atoms with E-state index in [2.05, 4.69) is 26.0 Å². The number of thiophene rings is 1. The maximum Gasteiger partial charge on any atom is 0.333 e. The van der Waals surface area contributed by atoms with Crippen LogP contribution in [0.5, 0.6) is 0 Å². The van der Waals surface area contributed by atoms with Gasteiger partial charge in [-0.2, -0.15) is 0 Å². The van der Waals surface area contributed by atoms with Crippen molar-refractivity contribution in [2.75, 3.05) is 13.7 Å². The average molecular weight is 447 g/mol. The molecule has 1 atom stereocenters. The van der Waals surface area contributed by atoms with Crippen molar-refractivity contribution in [1.82, 2.24) is 10.0 Å². The van der Waals surface area contributed by atoms with Crippen molar-refractivity contribution in [3.05, 3.63) is 51.8 Å². The molecule has 0 aliphatic rings. The van der Waals surface area contributed by atoms with E-state index in [1.165, 1.54) is 13.2 Å². The van der Waals surface area contributed by atoms with Gasteiger partial charge < -0.3 is 10.1 Å². The molecule has 10 heteroatoms. The first-order valence-corrected chi connectivity index (χ1v) is 10.1. The van der Waals surface area contributed by atoms with Gasteiger partial charge in [0.2, 0.25) is 5.91 Å². The van der Waals surface area contributed by atoms with Gasteiger partial charge in [0.05, 0.1) is 13.7 Å². The van der Waals surface area contributed by atoms with Gasteiger partial charge in [0.25, 0.3) is 10.0 Å². The van der Waals surface area contributed by atoms with Crippen LogP contribution < -0.4 is 10.0 Å². The second kappa shape index (κ2) is 8.56. The zero-order valence-corrected chi connectivity index (χ0v) is 16.3. The zero-order valence-electron chi connectivity index (χ0n) is 13.1. The Morgan fingerprint density at radius 3 is 2.48 bits per heavy atom. The van der Waals surface area contributed by atoms with Gasteiger partial charge >= 0.3 is 5.97 Å². The van der Waals surface area contributed by atoms with E-state index in [4.69, 9.17) is 4.74 Å². The van der Waals surface area contributed by atoms with Crippen molar-refractivity contribution in [2.45, 2.75) is 10.3 Å². The van der Waals surface area contributed by atoms with Gasteiger partial charge in [0.15, 0.2) is 6.04 Å².